The minimum absolute atomic E-state index is 0.0314. The molecule has 1 N–H and O–H groups in total. The molecule has 1 heterocycles. The Kier molecular flexibility index (Phi) is 4.92. The van der Waals surface area contributed by atoms with Crippen molar-refractivity contribution < 1.29 is 13.2 Å². The van der Waals surface area contributed by atoms with E-state index in [-0.39, 0.29) is 30.0 Å². The summed E-state index contributed by atoms with van der Waals surface area (Å²) in [5.74, 6) is 0.0499. The second-order valence-corrected chi connectivity index (χ2v) is 8.64. The van der Waals surface area contributed by atoms with Crippen molar-refractivity contribution in [1.82, 2.24) is 10.2 Å². The first kappa shape index (κ1) is 17.0. The number of nitrogens with one attached hydrogen (secondary N) is 1. The highest BCUT2D eigenvalue weighted by Crippen LogP contribution is 2.23. The van der Waals surface area contributed by atoms with E-state index in [1.165, 1.54) is 0 Å². The van der Waals surface area contributed by atoms with Crippen LogP contribution in [0, 0.1) is 0 Å². The summed E-state index contributed by atoms with van der Waals surface area (Å²) in [4.78, 5) is 14.2. The SMILES string of the molecule is C[C@@H](c1ccccc1)N(C)CC(=O)N[C@@]1(C)CCS(=O)(=O)C1. The van der Waals surface area contributed by atoms with Crippen LogP contribution in [0.4, 0.5) is 0 Å². The molecule has 22 heavy (non-hydrogen) atoms. The fraction of sp³-hybridized carbons (Fsp3) is 0.562. The van der Waals surface area contributed by atoms with Gasteiger partial charge in [0.1, 0.15) is 0 Å². The van der Waals surface area contributed by atoms with Crippen molar-refractivity contribution in [3.63, 3.8) is 0 Å². The molecule has 122 valence electrons. The zero-order valence-corrected chi connectivity index (χ0v) is 14.2. The molecule has 0 radical (unpaired) electrons. The fourth-order valence-corrected chi connectivity index (χ4v) is 4.93. The maximum absolute atomic E-state index is 12.2. The minimum Gasteiger partial charge on any atom is -0.349 e. The molecule has 1 fully saturated rings. The van der Waals surface area contributed by atoms with Crippen LogP contribution < -0.4 is 5.32 Å². The highest BCUT2D eigenvalue weighted by Gasteiger charge is 2.39. The smallest absolute Gasteiger partial charge is 0.234 e. The van der Waals surface area contributed by atoms with E-state index in [2.05, 4.69) is 5.32 Å². The molecule has 0 spiro atoms. The Morgan fingerprint density at radius 3 is 2.55 bits per heavy atom. The quantitative estimate of drug-likeness (QED) is 0.888. The molecule has 1 saturated heterocycles. The van der Waals surface area contributed by atoms with E-state index in [9.17, 15) is 13.2 Å². The van der Waals surface area contributed by atoms with Gasteiger partial charge in [-0.2, -0.15) is 0 Å². The van der Waals surface area contributed by atoms with Crippen LogP contribution in [0.2, 0.25) is 0 Å². The van der Waals surface area contributed by atoms with Gasteiger partial charge >= 0.3 is 0 Å². The number of rotatable bonds is 5. The van der Waals surface area contributed by atoms with Crippen LogP contribution in [-0.2, 0) is 14.6 Å². The summed E-state index contributed by atoms with van der Waals surface area (Å²) in [7, 11) is -1.12. The second-order valence-electron chi connectivity index (χ2n) is 6.45. The fourth-order valence-electron chi connectivity index (χ4n) is 2.83. The summed E-state index contributed by atoms with van der Waals surface area (Å²) in [6, 6.07) is 10.1. The van der Waals surface area contributed by atoms with Gasteiger partial charge in [0.05, 0.1) is 23.6 Å². The standard InChI is InChI=1S/C16H24N2O3S/c1-13(14-7-5-4-6-8-14)18(3)11-15(19)17-16(2)9-10-22(20,21)12-16/h4-8,13H,9-12H2,1-3H3,(H,17,19)/t13-,16-/m0/s1. The highest BCUT2D eigenvalue weighted by atomic mass is 32.2. The third-order valence-electron chi connectivity index (χ3n) is 4.28. The van der Waals surface area contributed by atoms with Crippen LogP contribution in [0.5, 0.6) is 0 Å². The van der Waals surface area contributed by atoms with Crippen LogP contribution in [-0.4, -0.2) is 49.9 Å². The molecular weight excluding hydrogens is 300 g/mol. The van der Waals surface area contributed by atoms with Crippen molar-refractivity contribution >= 4 is 15.7 Å². The van der Waals surface area contributed by atoms with E-state index in [1.54, 1.807) is 6.92 Å². The molecule has 6 heteroatoms. The average molecular weight is 324 g/mol. The predicted molar refractivity (Wildman–Crippen MR) is 87.3 cm³/mol. The van der Waals surface area contributed by atoms with E-state index in [0.717, 1.165) is 5.56 Å². The average Bonchev–Trinajstić information content (AvgIpc) is 2.72. The summed E-state index contributed by atoms with van der Waals surface area (Å²) < 4.78 is 23.2. The number of benzene rings is 1. The van der Waals surface area contributed by atoms with Gasteiger partial charge in [-0.1, -0.05) is 30.3 Å². The number of nitrogens with zero attached hydrogens (tertiary/aromatic N) is 1. The number of amides is 1. The molecule has 0 aromatic heterocycles. The highest BCUT2D eigenvalue weighted by molar-refractivity contribution is 7.91. The van der Waals surface area contributed by atoms with Crippen LogP contribution in [0.3, 0.4) is 0 Å². The summed E-state index contributed by atoms with van der Waals surface area (Å²) in [5, 5.41) is 2.89. The lowest BCUT2D eigenvalue weighted by Crippen LogP contribution is -2.50. The van der Waals surface area contributed by atoms with Crippen LogP contribution in [0.15, 0.2) is 30.3 Å². The maximum atomic E-state index is 12.2. The summed E-state index contributed by atoms with van der Waals surface area (Å²) in [6.07, 6.45) is 0.485. The predicted octanol–water partition coefficient (Wildman–Crippen LogP) is 1.37. The first-order chi connectivity index (χ1) is 10.2. The van der Waals surface area contributed by atoms with Crippen molar-refractivity contribution in [2.45, 2.75) is 31.8 Å². The molecule has 0 bridgehead atoms. The maximum Gasteiger partial charge on any atom is 0.234 e. The van der Waals surface area contributed by atoms with E-state index in [4.69, 9.17) is 0 Å². The molecule has 0 saturated carbocycles. The molecule has 2 atom stereocenters. The van der Waals surface area contributed by atoms with Gasteiger partial charge in [0.2, 0.25) is 5.91 Å². The topological polar surface area (TPSA) is 66.5 Å². The van der Waals surface area contributed by atoms with Gasteiger partial charge in [0.25, 0.3) is 0 Å². The number of hydrogen-bond donors (Lipinski definition) is 1. The van der Waals surface area contributed by atoms with Crippen molar-refractivity contribution in [1.29, 1.82) is 0 Å². The molecule has 2 rings (SSSR count). The molecule has 1 aliphatic rings. The van der Waals surface area contributed by atoms with Crippen molar-refractivity contribution in [3.05, 3.63) is 35.9 Å². The third-order valence-corrected chi connectivity index (χ3v) is 6.18. The number of carbonyl (C=O) groups excluding carboxylic acids is 1. The van der Waals surface area contributed by atoms with Gasteiger partial charge in [-0.05, 0) is 32.9 Å². The molecule has 1 aliphatic heterocycles. The number of hydrogen-bond acceptors (Lipinski definition) is 4. The Morgan fingerprint density at radius 1 is 1.36 bits per heavy atom. The summed E-state index contributed by atoms with van der Waals surface area (Å²) in [6.45, 7) is 4.09. The van der Waals surface area contributed by atoms with E-state index >= 15 is 0 Å². The lowest BCUT2D eigenvalue weighted by molar-refractivity contribution is -0.123. The molecule has 1 aromatic carbocycles. The molecule has 1 aromatic rings. The van der Waals surface area contributed by atoms with E-state index in [1.807, 2.05) is 49.2 Å². The Labute approximate surface area is 132 Å². The number of carbonyl (C=O) groups is 1. The van der Waals surface area contributed by atoms with Gasteiger partial charge in [-0.25, -0.2) is 8.42 Å². The summed E-state index contributed by atoms with van der Waals surface area (Å²) >= 11 is 0. The second kappa shape index (κ2) is 6.38. The molecular formula is C16H24N2O3S. The molecule has 0 aliphatic carbocycles. The number of sulfone groups is 1. The van der Waals surface area contributed by atoms with Crippen LogP contribution >= 0.6 is 0 Å². The molecule has 1 amide bonds. The van der Waals surface area contributed by atoms with Gasteiger partial charge < -0.3 is 5.32 Å². The van der Waals surface area contributed by atoms with Gasteiger partial charge in [-0.3, -0.25) is 9.69 Å². The Morgan fingerprint density at radius 2 is 2.00 bits per heavy atom. The third kappa shape index (κ3) is 4.30. The largest absolute Gasteiger partial charge is 0.349 e. The first-order valence-corrected chi connectivity index (χ1v) is 9.30. The normalized spacial score (nSPS) is 25.1. The molecule has 5 nitrogen and oxygen atoms in total. The van der Waals surface area contributed by atoms with Crippen LogP contribution in [0.25, 0.3) is 0 Å². The summed E-state index contributed by atoms with van der Waals surface area (Å²) in [5.41, 5.74) is 0.514. The Hall–Kier alpha value is -1.40. The van der Waals surface area contributed by atoms with Gasteiger partial charge in [0.15, 0.2) is 9.84 Å². The minimum atomic E-state index is -3.02. The first-order valence-electron chi connectivity index (χ1n) is 7.47. The van der Waals surface area contributed by atoms with Crippen molar-refractivity contribution in [3.8, 4) is 0 Å². The number of likely N-dealkylation sites (N-methyl/N-ethyl adjacent to an activating group) is 1. The monoisotopic (exact) mass is 324 g/mol. The lowest BCUT2D eigenvalue weighted by Gasteiger charge is -2.28. The van der Waals surface area contributed by atoms with Gasteiger partial charge in [0, 0.05) is 6.04 Å². The van der Waals surface area contributed by atoms with E-state index < -0.39 is 15.4 Å². The molecule has 0 unspecified atom stereocenters. The lowest BCUT2D eigenvalue weighted by atomic mass is 10.0. The zero-order valence-electron chi connectivity index (χ0n) is 13.4. The van der Waals surface area contributed by atoms with Gasteiger partial charge in [-0.15, -0.1) is 0 Å². The Balaban J connectivity index is 1.92. The zero-order chi connectivity index (χ0) is 16.4. The van der Waals surface area contributed by atoms with Crippen LogP contribution in [0.1, 0.15) is 31.9 Å². The van der Waals surface area contributed by atoms with Crippen molar-refractivity contribution in [2.75, 3.05) is 25.1 Å². The Bertz CT molecular complexity index is 630. The van der Waals surface area contributed by atoms with Crippen molar-refractivity contribution in [2.24, 2.45) is 0 Å². The van der Waals surface area contributed by atoms with E-state index in [0.29, 0.717) is 6.42 Å².